The first-order chi connectivity index (χ1) is 11.6. The number of rotatable bonds is 8. The van der Waals surface area contributed by atoms with Crippen LogP contribution in [0.1, 0.15) is 51.2 Å². The lowest BCUT2D eigenvalue weighted by molar-refractivity contribution is -0.137. The van der Waals surface area contributed by atoms with Crippen LogP contribution in [0, 0.1) is 0 Å². The molecule has 24 heavy (non-hydrogen) atoms. The molecule has 2 rings (SSSR count). The van der Waals surface area contributed by atoms with Crippen molar-refractivity contribution < 1.29 is 14.6 Å². The second-order valence-electron chi connectivity index (χ2n) is 6.11. The minimum Gasteiger partial charge on any atom is -0.463 e. The third-order valence-corrected chi connectivity index (χ3v) is 4.11. The molecule has 2 aromatic carbocycles. The van der Waals surface area contributed by atoms with E-state index in [1.165, 1.54) is 5.39 Å². The van der Waals surface area contributed by atoms with Crippen LogP contribution in [0.15, 0.2) is 54.1 Å². The van der Waals surface area contributed by atoms with Gasteiger partial charge in [-0.3, -0.25) is 0 Å². The van der Waals surface area contributed by atoms with Crippen LogP contribution in [0.5, 0.6) is 0 Å². The molecule has 0 saturated carbocycles. The molecule has 0 aromatic heterocycles. The number of carbonyl (C=O) groups excluding carboxylic acids is 1. The molecular formula is C21H26O3. The summed E-state index contributed by atoms with van der Waals surface area (Å²) >= 11 is 0. The maximum atomic E-state index is 11.3. The molecule has 0 aliphatic rings. The van der Waals surface area contributed by atoms with Gasteiger partial charge in [-0.05, 0) is 55.5 Å². The Kier molecular flexibility index (Phi) is 7.01. The van der Waals surface area contributed by atoms with Crippen molar-refractivity contribution in [2.45, 2.75) is 45.6 Å². The molecule has 2 aromatic rings. The smallest absolute Gasteiger partial charge is 0.330 e. The SMILES string of the molecule is CCOC(=O)/C=C(\C)CCCCC(O)c1ccc2ccccc2c1. The van der Waals surface area contributed by atoms with Gasteiger partial charge in [0.2, 0.25) is 0 Å². The Bertz CT molecular complexity index is 703. The zero-order valence-electron chi connectivity index (χ0n) is 14.5. The van der Waals surface area contributed by atoms with Crippen molar-refractivity contribution in [1.82, 2.24) is 0 Å². The first-order valence-electron chi connectivity index (χ1n) is 8.61. The summed E-state index contributed by atoms with van der Waals surface area (Å²) in [5.74, 6) is -0.272. The first-order valence-corrected chi connectivity index (χ1v) is 8.61. The third-order valence-electron chi connectivity index (χ3n) is 4.11. The Morgan fingerprint density at radius 1 is 1.17 bits per heavy atom. The number of hydrogen-bond acceptors (Lipinski definition) is 3. The molecule has 0 fully saturated rings. The third kappa shape index (κ3) is 5.50. The largest absolute Gasteiger partial charge is 0.463 e. The van der Waals surface area contributed by atoms with Crippen LogP contribution in [-0.4, -0.2) is 17.7 Å². The fourth-order valence-electron chi connectivity index (χ4n) is 2.78. The van der Waals surface area contributed by atoms with E-state index in [4.69, 9.17) is 4.74 Å². The number of allylic oxidation sites excluding steroid dienone is 1. The number of esters is 1. The number of aliphatic hydroxyl groups excluding tert-OH is 1. The van der Waals surface area contributed by atoms with Crippen molar-refractivity contribution in [3.8, 4) is 0 Å². The van der Waals surface area contributed by atoms with Gasteiger partial charge in [-0.25, -0.2) is 4.79 Å². The van der Waals surface area contributed by atoms with E-state index in [1.54, 1.807) is 13.0 Å². The number of hydrogen-bond donors (Lipinski definition) is 1. The van der Waals surface area contributed by atoms with E-state index >= 15 is 0 Å². The average Bonchev–Trinajstić information content (AvgIpc) is 2.58. The second-order valence-corrected chi connectivity index (χ2v) is 6.11. The van der Waals surface area contributed by atoms with Gasteiger partial charge in [0.1, 0.15) is 0 Å². The Hall–Kier alpha value is -2.13. The lowest BCUT2D eigenvalue weighted by atomic mass is 9.99. The lowest BCUT2D eigenvalue weighted by Gasteiger charge is -2.12. The topological polar surface area (TPSA) is 46.5 Å². The van der Waals surface area contributed by atoms with Crippen LogP contribution in [0.3, 0.4) is 0 Å². The maximum Gasteiger partial charge on any atom is 0.330 e. The van der Waals surface area contributed by atoms with Crippen LogP contribution >= 0.6 is 0 Å². The fourth-order valence-corrected chi connectivity index (χ4v) is 2.78. The van der Waals surface area contributed by atoms with Gasteiger partial charge in [0, 0.05) is 6.08 Å². The monoisotopic (exact) mass is 326 g/mol. The van der Waals surface area contributed by atoms with Crippen molar-refractivity contribution in [3.05, 3.63) is 59.7 Å². The molecule has 1 atom stereocenters. The van der Waals surface area contributed by atoms with Gasteiger partial charge in [-0.15, -0.1) is 0 Å². The molecule has 0 spiro atoms. The minimum absolute atomic E-state index is 0.272. The summed E-state index contributed by atoms with van der Waals surface area (Å²) in [6, 6.07) is 14.3. The zero-order chi connectivity index (χ0) is 17.4. The molecule has 0 radical (unpaired) electrons. The number of aliphatic hydroxyl groups is 1. The normalized spacial score (nSPS) is 13.0. The maximum absolute atomic E-state index is 11.3. The second kappa shape index (κ2) is 9.24. The number of carbonyl (C=O) groups is 1. The molecule has 3 nitrogen and oxygen atoms in total. The summed E-state index contributed by atoms with van der Waals surface area (Å²) in [7, 11) is 0. The van der Waals surface area contributed by atoms with E-state index in [-0.39, 0.29) is 5.97 Å². The summed E-state index contributed by atoms with van der Waals surface area (Å²) in [6.07, 6.45) is 4.57. The van der Waals surface area contributed by atoms with Gasteiger partial charge < -0.3 is 9.84 Å². The van der Waals surface area contributed by atoms with E-state index in [0.29, 0.717) is 6.61 Å². The molecule has 0 saturated heterocycles. The Labute approximate surface area is 144 Å². The molecule has 0 aliphatic carbocycles. The number of unbranched alkanes of at least 4 members (excludes halogenated alkanes) is 1. The van der Waals surface area contributed by atoms with Gasteiger partial charge in [0.05, 0.1) is 12.7 Å². The van der Waals surface area contributed by atoms with E-state index in [9.17, 15) is 9.90 Å². The Morgan fingerprint density at radius 3 is 2.67 bits per heavy atom. The highest BCUT2D eigenvalue weighted by atomic mass is 16.5. The lowest BCUT2D eigenvalue weighted by Crippen LogP contribution is -2.00. The standard InChI is InChI=1S/C21H26O3/c1-3-24-21(23)14-16(2)8-4-7-11-20(22)19-13-12-17-9-5-6-10-18(17)15-19/h5-6,9-10,12-15,20,22H,3-4,7-8,11H2,1-2H3/b16-14+. The molecule has 0 amide bonds. The predicted molar refractivity (Wildman–Crippen MR) is 97.8 cm³/mol. The van der Waals surface area contributed by atoms with E-state index in [2.05, 4.69) is 24.3 Å². The van der Waals surface area contributed by atoms with Crippen LogP contribution in [0.2, 0.25) is 0 Å². The van der Waals surface area contributed by atoms with Crippen molar-refractivity contribution in [2.75, 3.05) is 6.61 Å². The van der Waals surface area contributed by atoms with Crippen molar-refractivity contribution in [3.63, 3.8) is 0 Å². The van der Waals surface area contributed by atoms with Crippen LogP contribution < -0.4 is 0 Å². The van der Waals surface area contributed by atoms with Gasteiger partial charge >= 0.3 is 5.97 Å². The Morgan fingerprint density at radius 2 is 1.92 bits per heavy atom. The molecule has 128 valence electrons. The van der Waals surface area contributed by atoms with Gasteiger partial charge in [-0.1, -0.05) is 48.4 Å². The molecule has 1 unspecified atom stereocenters. The quantitative estimate of drug-likeness (QED) is 0.424. The molecule has 0 bridgehead atoms. The van der Waals surface area contributed by atoms with Gasteiger partial charge in [0.25, 0.3) is 0 Å². The minimum atomic E-state index is -0.441. The van der Waals surface area contributed by atoms with Crippen molar-refractivity contribution in [1.29, 1.82) is 0 Å². The first kappa shape index (κ1) is 18.2. The predicted octanol–water partition coefficient (Wildman–Crippen LogP) is 4.94. The average molecular weight is 326 g/mol. The van der Waals surface area contributed by atoms with Crippen molar-refractivity contribution >= 4 is 16.7 Å². The van der Waals surface area contributed by atoms with Crippen LogP contribution in [0.4, 0.5) is 0 Å². The number of benzene rings is 2. The van der Waals surface area contributed by atoms with Crippen molar-refractivity contribution in [2.24, 2.45) is 0 Å². The summed E-state index contributed by atoms with van der Waals surface area (Å²) in [4.78, 5) is 11.3. The zero-order valence-corrected chi connectivity index (χ0v) is 14.5. The molecule has 0 aliphatic heterocycles. The highest BCUT2D eigenvalue weighted by molar-refractivity contribution is 5.83. The molecule has 1 N–H and O–H groups in total. The number of fused-ring (bicyclic) bond motifs is 1. The summed E-state index contributed by atoms with van der Waals surface area (Å²) < 4.78 is 4.89. The molecule has 0 heterocycles. The molecular weight excluding hydrogens is 300 g/mol. The highest BCUT2D eigenvalue weighted by Gasteiger charge is 2.08. The number of ether oxygens (including phenoxy) is 1. The summed E-state index contributed by atoms with van der Waals surface area (Å²) in [6.45, 7) is 4.15. The highest BCUT2D eigenvalue weighted by Crippen LogP contribution is 2.24. The van der Waals surface area contributed by atoms with Crippen LogP contribution in [0.25, 0.3) is 10.8 Å². The van der Waals surface area contributed by atoms with E-state index in [1.807, 2.05) is 25.1 Å². The Balaban J connectivity index is 1.80. The van der Waals surface area contributed by atoms with Gasteiger partial charge in [-0.2, -0.15) is 0 Å². The van der Waals surface area contributed by atoms with Gasteiger partial charge in [0.15, 0.2) is 0 Å². The van der Waals surface area contributed by atoms with E-state index in [0.717, 1.165) is 42.2 Å². The summed E-state index contributed by atoms with van der Waals surface area (Å²) in [5.41, 5.74) is 1.99. The van der Waals surface area contributed by atoms with Crippen LogP contribution in [-0.2, 0) is 9.53 Å². The van der Waals surface area contributed by atoms with E-state index < -0.39 is 6.10 Å². The molecule has 3 heteroatoms. The summed E-state index contributed by atoms with van der Waals surface area (Å²) in [5, 5.41) is 12.7. The fraction of sp³-hybridized carbons (Fsp3) is 0.381.